The van der Waals surface area contributed by atoms with Crippen LogP contribution in [0.4, 0.5) is 5.69 Å². The molecule has 0 atom stereocenters. The Balaban J connectivity index is 1.91. The van der Waals surface area contributed by atoms with Gasteiger partial charge >= 0.3 is 0 Å². The Morgan fingerprint density at radius 2 is 1.88 bits per heavy atom. The Bertz CT molecular complexity index is 1180. The number of para-hydroxylation sites is 1. The van der Waals surface area contributed by atoms with Crippen LogP contribution in [0.3, 0.4) is 0 Å². The topological polar surface area (TPSA) is 70.4 Å². The van der Waals surface area contributed by atoms with E-state index in [2.05, 4.69) is 9.98 Å². The Morgan fingerprint density at radius 1 is 1.15 bits per heavy atom. The molecule has 1 aromatic heterocycles. The molecule has 0 saturated carbocycles. The van der Waals surface area contributed by atoms with E-state index >= 15 is 0 Å². The first-order valence-electron chi connectivity index (χ1n) is 8.05. The summed E-state index contributed by atoms with van der Waals surface area (Å²) in [5, 5.41) is 10.8. The van der Waals surface area contributed by atoms with Crippen LogP contribution in [0, 0.1) is 11.7 Å². The fourth-order valence-electron chi connectivity index (χ4n) is 2.91. The smallest absolute Gasteiger partial charge is 0.262 e. The molecule has 0 radical (unpaired) electrons. The zero-order valence-corrected chi connectivity index (χ0v) is 14.7. The van der Waals surface area contributed by atoms with E-state index in [1.165, 1.54) is 4.57 Å². The first-order chi connectivity index (χ1) is 12.5. The maximum Gasteiger partial charge on any atom is 0.262 e. The third-order valence-electron chi connectivity index (χ3n) is 4.27. The Hall–Kier alpha value is -3.25. The fourth-order valence-corrected chi connectivity index (χ4v) is 3.20. The second-order valence-electron chi connectivity index (χ2n) is 6.04. The van der Waals surface area contributed by atoms with Crippen LogP contribution in [0.1, 0.15) is 16.7 Å². The first kappa shape index (κ1) is 16.2. The van der Waals surface area contributed by atoms with Crippen LogP contribution in [-0.2, 0) is 0 Å². The van der Waals surface area contributed by atoms with Gasteiger partial charge in [-0.25, -0.2) is 0 Å². The molecule has 4 rings (SSSR count). The lowest BCUT2D eigenvalue weighted by atomic mass is 10.1. The zero-order valence-electron chi connectivity index (χ0n) is 13.9. The molecule has 0 saturated heterocycles. The molecule has 2 N–H and O–H groups in total. The van der Waals surface area contributed by atoms with Crippen molar-refractivity contribution >= 4 is 35.8 Å². The lowest BCUT2D eigenvalue weighted by Crippen LogP contribution is -2.16. The molecule has 5 nitrogen and oxygen atoms in total. The number of rotatable bonds is 2. The summed E-state index contributed by atoms with van der Waals surface area (Å²) in [5.41, 5.74) is 3.96. The maximum atomic E-state index is 12.4. The van der Waals surface area contributed by atoms with Crippen molar-refractivity contribution in [3.63, 3.8) is 0 Å². The molecule has 128 valence electrons. The van der Waals surface area contributed by atoms with Crippen molar-refractivity contribution in [3.05, 3.63) is 80.3 Å². The van der Waals surface area contributed by atoms with Crippen molar-refractivity contribution in [1.82, 2.24) is 9.55 Å². The van der Waals surface area contributed by atoms with E-state index in [1.54, 1.807) is 12.3 Å². The molecule has 6 heteroatoms. The Morgan fingerprint density at radius 3 is 2.65 bits per heavy atom. The number of aromatic amines is 1. The Kier molecular flexibility index (Phi) is 3.89. The lowest BCUT2D eigenvalue weighted by Gasteiger charge is -2.12. The molecular weight excluding hydrogens is 346 g/mol. The van der Waals surface area contributed by atoms with Gasteiger partial charge in [0, 0.05) is 17.4 Å². The van der Waals surface area contributed by atoms with Gasteiger partial charge in [0.15, 0.2) is 4.77 Å². The van der Waals surface area contributed by atoms with E-state index in [0.717, 1.165) is 22.4 Å². The number of hydrogen-bond acceptors (Lipinski definition) is 4. The highest BCUT2D eigenvalue weighted by molar-refractivity contribution is 7.71. The van der Waals surface area contributed by atoms with Crippen LogP contribution in [-0.4, -0.2) is 20.9 Å². The molecule has 1 aliphatic heterocycles. The van der Waals surface area contributed by atoms with Gasteiger partial charge in [0.2, 0.25) is 5.88 Å². The summed E-state index contributed by atoms with van der Waals surface area (Å²) in [4.78, 5) is 19.4. The summed E-state index contributed by atoms with van der Waals surface area (Å²) >= 11 is 5.25. The summed E-state index contributed by atoms with van der Waals surface area (Å²) in [6, 6.07) is 15.1. The molecule has 1 aliphatic rings. The molecular formula is C20H15N3O2S. The van der Waals surface area contributed by atoms with Crippen LogP contribution < -0.4 is 5.56 Å². The highest BCUT2D eigenvalue weighted by Crippen LogP contribution is 2.33. The van der Waals surface area contributed by atoms with Gasteiger partial charge in [0.05, 0.1) is 11.4 Å². The van der Waals surface area contributed by atoms with Gasteiger partial charge in [0.25, 0.3) is 5.56 Å². The largest absolute Gasteiger partial charge is 0.494 e. The van der Waals surface area contributed by atoms with Crippen LogP contribution in [0.2, 0.25) is 0 Å². The van der Waals surface area contributed by atoms with Gasteiger partial charge in [0.1, 0.15) is 5.56 Å². The van der Waals surface area contributed by atoms with Crippen molar-refractivity contribution < 1.29 is 5.11 Å². The van der Waals surface area contributed by atoms with Crippen LogP contribution in [0.5, 0.6) is 5.88 Å². The van der Waals surface area contributed by atoms with Crippen molar-refractivity contribution in [2.45, 2.75) is 6.92 Å². The van der Waals surface area contributed by atoms with E-state index < -0.39 is 5.56 Å². The van der Waals surface area contributed by atoms with E-state index in [-0.39, 0.29) is 16.2 Å². The molecule has 0 amide bonds. The number of allylic oxidation sites excluding steroid dienone is 1. The summed E-state index contributed by atoms with van der Waals surface area (Å²) in [7, 11) is 0. The average molecular weight is 361 g/mol. The predicted octanol–water partition coefficient (Wildman–Crippen LogP) is 4.17. The number of benzene rings is 2. The van der Waals surface area contributed by atoms with Gasteiger partial charge in [-0.05, 0) is 43.4 Å². The number of aliphatic imine (C=N–C) groups is 1. The molecule has 0 aliphatic carbocycles. The quantitative estimate of drug-likeness (QED) is 0.673. The minimum absolute atomic E-state index is 0.136. The van der Waals surface area contributed by atoms with Crippen molar-refractivity contribution in [2.24, 2.45) is 4.99 Å². The molecule has 0 unspecified atom stereocenters. The number of nitrogens with zero attached hydrogens (tertiary/aromatic N) is 2. The first-order valence-corrected chi connectivity index (χ1v) is 8.46. The van der Waals surface area contributed by atoms with Crippen molar-refractivity contribution in [1.29, 1.82) is 0 Å². The maximum absolute atomic E-state index is 12.4. The number of aryl methyl sites for hydroxylation is 1. The van der Waals surface area contributed by atoms with E-state index in [1.807, 2.05) is 55.5 Å². The molecule has 2 aromatic carbocycles. The molecule has 0 spiro atoms. The van der Waals surface area contributed by atoms with Gasteiger partial charge < -0.3 is 5.11 Å². The summed E-state index contributed by atoms with van der Waals surface area (Å²) in [6.07, 6.45) is 3.31. The van der Waals surface area contributed by atoms with Gasteiger partial charge in [-0.15, -0.1) is 0 Å². The third kappa shape index (κ3) is 2.70. The third-order valence-corrected chi connectivity index (χ3v) is 4.56. The van der Waals surface area contributed by atoms with Crippen LogP contribution in [0.25, 0.3) is 17.3 Å². The van der Waals surface area contributed by atoms with E-state index in [0.29, 0.717) is 5.69 Å². The monoisotopic (exact) mass is 361 g/mol. The van der Waals surface area contributed by atoms with Gasteiger partial charge in [-0.1, -0.05) is 35.9 Å². The van der Waals surface area contributed by atoms with Crippen molar-refractivity contribution in [3.8, 4) is 11.6 Å². The van der Waals surface area contributed by atoms with Crippen LogP contribution >= 0.6 is 12.2 Å². The van der Waals surface area contributed by atoms with E-state index in [9.17, 15) is 9.90 Å². The number of fused-ring (bicyclic) bond motifs is 1. The summed E-state index contributed by atoms with van der Waals surface area (Å²) in [5.74, 6) is -0.201. The molecule has 0 bridgehead atoms. The average Bonchev–Trinajstić information content (AvgIpc) is 3.03. The standard InChI is InChI=1S/C20H15N3O2S/c1-12-6-8-14(9-7-12)23-19(25)16(18(24)22-20(23)26)10-13-11-21-17-5-3-2-4-15(13)17/h2-11,25H,1H3,(H,22,24,26)/b13-10-. The molecule has 26 heavy (non-hydrogen) atoms. The van der Waals surface area contributed by atoms with Crippen LogP contribution in [0.15, 0.2) is 58.3 Å². The zero-order chi connectivity index (χ0) is 18.3. The Labute approximate surface area is 154 Å². The minimum Gasteiger partial charge on any atom is -0.494 e. The highest BCUT2D eigenvalue weighted by atomic mass is 32.1. The predicted molar refractivity (Wildman–Crippen MR) is 106 cm³/mol. The SMILES string of the molecule is Cc1ccc(-n2c(O)c(/C=C3/C=Nc4ccccc43)c(=O)[nH]c2=S)cc1. The van der Waals surface area contributed by atoms with Gasteiger partial charge in [-0.3, -0.25) is 19.3 Å². The molecule has 2 heterocycles. The van der Waals surface area contributed by atoms with E-state index in [4.69, 9.17) is 12.2 Å². The number of aromatic hydroxyl groups is 1. The lowest BCUT2D eigenvalue weighted by molar-refractivity contribution is 0.432. The number of aromatic nitrogens is 2. The highest BCUT2D eigenvalue weighted by Gasteiger charge is 2.16. The fraction of sp³-hybridized carbons (Fsp3) is 0.0500. The minimum atomic E-state index is -0.443. The van der Waals surface area contributed by atoms with Crippen molar-refractivity contribution in [2.75, 3.05) is 0 Å². The summed E-state index contributed by atoms with van der Waals surface area (Å²) < 4.78 is 1.58. The second kappa shape index (κ2) is 6.24. The number of hydrogen-bond donors (Lipinski definition) is 2. The second-order valence-corrected chi connectivity index (χ2v) is 6.43. The molecule has 0 fully saturated rings. The normalized spacial score (nSPS) is 14.0. The summed E-state index contributed by atoms with van der Waals surface area (Å²) in [6.45, 7) is 1.97. The molecule has 3 aromatic rings. The van der Waals surface area contributed by atoms with Gasteiger partial charge in [-0.2, -0.15) is 0 Å². The number of nitrogens with one attached hydrogen (secondary N) is 1. The number of H-pyrrole nitrogens is 1.